The molecule has 94 valence electrons. The lowest BCUT2D eigenvalue weighted by molar-refractivity contribution is -0.242. The van der Waals surface area contributed by atoms with Gasteiger partial charge in [-0.3, -0.25) is 0 Å². The zero-order valence-electron chi connectivity index (χ0n) is 9.48. The number of benzene rings is 1. The van der Waals surface area contributed by atoms with Crippen LogP contribution in [0.2, 0.25) is 0 Å². The molecule has 3 N–H and O–H groups in total. The second kappa shape index (κ2) is 5.01. The molecule has 1 saturated heterocycles. The van der Waals surface area contributed by atoms with Crippen molar-refractivity contribution in [2.24, 2.45) is 0 Å². The summed E-state index contributed by atoms with van der Waals surface area (Å²) >= 11 is 0. The molecule has 1 aliphatic heterocycles. The molecule has 0 aromatic heterocycles. The van der Waals surface area contributed by atoms with E-state index in [4.69, 9.17) is 9.47 Å². The Balaban J connectivity index is 2.01. The van der Waals surface area contributed by atoms with Gasteiger partial charge in [0.1, 0.15) is 24.1 Å². The fourth-order valence-corrected chi connectivity index (χ4v) is 1.63. The number of aliphatic hydroxyl groups excluding tert-OH is 3. The quantitative estimate of drug-likeness (QED) is 0.668. The summed E-state index contributed by atoms with van der Waals surface area (Å²) in [6.07, 6.45) is -4.56. The average Bonchev–Trinajstić information content (AvgIpc) is 2.33. The van der Waals surface area contributed by atoms with Gasteiger partial charge < -0.3 is 24.8 Å². The first-order valence-electron chi connectivity index (χ1n) is 5.47. The number of hydrogen-bond donors (Lipinski definition) is 3. The number of aliphatic hydroxyl groups is 3. The first-order chi connectivity index (χ1) is 8.08. The van der Waals surface area contributed by atoms with Gasteiger partial charge in [-0.05, 0) is 19.1 Å². The maximum atomic E-state index is 9.66. The Hall–Kier alpha value is -1.14. The molecule has 0 spiro atoms. The highest BCUT2D eigenvalue weighted by molar-refractivity contribution is 5.26. The Bertz CT molecular complexity index is 364. The van der Waals surface area contributed by atoms with Crippen molar-refractivity contribution < 1.29 is 24.8 Å². The molecule has 1 aromatic carbocycles. The van der Waals surface area contributed by atoms with Crippen molar-refractivity contribution in [3.63, 3.8) is 0 Å². The highest BCUT2D eigenvalue weighted by atomic mass is 16.7. The van der Waals surface area contributed by atoms with E-state index >= 15 is 0 Å². The molecule has 1 fully saturated rings. The summed E-state index contributed by atoms with van der Waals surface area (Å²) in [5, 5.41) is 28.4. The summed E-state index contributed by atoms with van der Waals surface area (Å²) < 4.78 is 10.5. The number of rotatable bonds is 2. The predicted molar refractivity (Wildman–Crippen MR) is 59.6 cm³/mol. The Morgan fingerprint density at radius 3 is 2.41 bits per heavy atom. The fraction of sp³-hybridized carbons (Fsp3) is 0.500. The van der Waals surface area contributed by atoms with Crippen molar-refractivity contribution in [2.45, 2.75) is 31.5 Å². The molecule has 0 saturated carbocycles. The van der Waals surface area contributed by atoms with E-state index in [9.17, 15) is 15.3 Å². The molecule has 0 bridgehead atoms. The molecule has 1 aromatic rings. The summed E-state index contributed by atoms with van der Waals surface area (Å²) in [6, 6.07) is 7.25. The third-order valence-corrected chi connectivity index (χ3v) is 2.73. The first kappa shape index (κ1) is 12.3. The second-order valence-electron chi connectivity index (χ2n) is 4.18. The normalized spacial score (nSPS) is 33.4. The van der Waals surface area contributed by atoms with Crippen LogP contribution in [0.3, 0.4) is 0 Å². The summed E-state index contributed by atoms with van der Waals surface area (Å²) in [5.74, 6) is 0.545. The van der Waals surface area contributed by atoms with Crippen LogP contribution in [0.25, 0.3) is 0 Å². The predicted octanol–water partition coefficient (Wildman–Crippen LogP) is -0.187. The van der Waals surface area contributed by atoms with Gasteiger partial charge >= 0.3 is 0 Å². The van der Waals surface area contributed by atoms with Crippen LogP contribution in [-0.2, 0) is 4.74 Å². The van der Waals surface area contributed by atoms with E-state index in [1.807, 2.05) is 19.1 Å². The van der Waals surface area contributed by atoms with Crippen LogP contribution >= 0.6 is 0 Å². The van der Waals surface area contributed by atoms with Crippen molar-refractivity contribution >= 4 is 0 Å². The number of hydrogen-bond acceptors (Lipinski definition) is 5. The fourth-order valence-electron chi connectivity index (χ4n) is 1.63. The van der Waals surface area contributed by atoms with Gasteiger partial charge in [0.05, 0.1) is 6.61 Å². The molecule has 1 heterocycles. The summed E-state index contributed by atoms with van der Waals surface area (Å²) in [4.78, 5) is 0. The first-order valence-corrected chi connectivity index (χ1v) is 5.47. The molecular formula is C12H16O5. The standard InChI is InChI=1S/C12H16O5/c1-7-2-4-8(5-3-7)17-12-11(15)10(14)9(13)6-16-12/h2-5,9-15H,6H2,1H3/t9-,10+,11-,12+/m0/s1. The van der Waals surface area contributed by atoms with Gasteiger partial charge in [0.15, 0.2) is 0 Å². The lowest BCUT2D eigenvalue weighted by Crippen LogP contribution is -2.54. The van der Waals surface area contributed by atoms with Crippen LogP contribution in [0.5, 0.6) is 5.75 Å². The van der Waals surface area contributed by atoms with Crippen molar-refractivity contribution in [1.82, 2.24) is 0 Å². The van der Waals surface area contributed by atoms with E-state index in [0.29, 0.717) is 5.75 Å². The summed E-state index contributed by atoms with van der Waals surface area (Å²) in [7, 11) is 0. The van der Waals surface area contributed by atoms with E-state index < -0.39 is 24.6 Å². The van der Waals surface area contributed by atoms with E-state index in [1.54, 1.807) is 12.1 Å². The van der Waals surface area contributed by atoms with Gasteiger partial charge in [-0.1, -0.05) is 17.7 Å². The van der Waals surface area contributed by atoms with Gasteiger partial charge in [-0.2, -0.15) is 0 Å². The topological polar surface area (TPSA) is 79.2 Å². The maximum absolute atomic E-state index is 9.66. The molecule has 0 radical (unpaired) electrons. The zero-order valence-corrected chi connectivity index (χ0v) is 9.48. The van der Waals surface area contributed by atoms with Crippen LogP contribution in [-0.4, -0.2) is 46.5 Å². The van der Waals surface area contributed by atoms with Crippen molar-refractivity contribution in [3.05, 3.63) is 29.8 Å². The van der Waals surface area contributed by atoms with Crippen molar-refractivity contribution in [2.75, 3.05) is 6.61 Å². The highest BCUT2D eigenvalue weighted by Crippen LogP contribution is 2.20. The van der Waals surface area contributed by atoms with E-state index in [0.717, 1.165) is 5.56 Å². The average molecular weight is 240 g/mol. The van der Waals surface area contributed by atoms with E-state index in [1.165, 1.54) is 0 Å². The molecule has 4 atom stereocenters. The molecule has 2 rings (SSSR count). The van der Waals surface area contributed by atoms with Crippen LogP contribution in [0.4, 0.5) is 0 Å². The molecule has 0 amide bonds. The van der Waals surface area contributed by atoms with Crippen LogP contribution < -0.4 is 4.74 Å². The molecular weight excluding hydrogens is 224 g/mol. The summed E-state index contributed by atoms with van der Waals surface area (Å²) in [6.45, 7) is 1.89. The zero-order chi connectivity index (χ0) is 12.4. The lowest BCUT2D eigenvalue weighted by Gasteiger charge is -2.34. The van der Waals surface area contributed by atoms with Crippen LogP contribution in [0, 0.1) is 6.92 Å². The van der Waals surface area contributed by atoms with Gasteiger partial charge in [-0.15, -0.1) is 0 Å². The van der Waals surface area contributed by atoms with Crippen LogP contribution in [0.1, 0.15) is 5.56 Å². The molecule has 5 heteroatoms. The molecule has 1 aliphatic rings. The van der Waals surface area contributed by atoms with Gasteiger partial charge in [0, 0.05) is 0 Å². The smallest absolute Gasteiger partial charge is 0.228 e. The van der Waals surface area contributed by atoms with Crippen molar-refractivity contribution in [3.8, 4) is 5.75 Å². The largest absolute Gasteiger partial charge is 0.462 e. The second-order valence-corrected chi connectivity index (χ2v) is 4.18. The maximum Gasteiger partial charge on any atom is 0.228 e. The number of ether oxygens (including phenoxy) is 2. The Morgan fingerprint density at radius 2 is 1.76 bits per heavy atom. The lowest BCUT2D eigenvalue weighted by atomic mass is 10.1. The third-order valence-electron chi connectivity index (χ3n) is 2.73. The minimum atomic E-state index is -1.26. The Labute approximate surface area is 99.2 Å². The minimum Gasteiger partial charge on any atom is -0.462 e. The Kier molecular flexibility index (Phi) is 3.63. The van der Waals surface area contributed by atoms with Gasteiger partial charge in [-0.25, -0.2) is 0 Å². The SMILES string of the molecule is Cc1ccc(O[C@H]2OC[C@H](O)[C@@H](O)[C@@H]2O)cc1. The highest BCUT2D eigenvalue weighted by Gasteiger charge is 2.38. The van der Waals surface area contributed by atoms with Crippen LogP contribution in [0.15, 0.2) is 24.3 Å². The molecule has 17 heavy (non-hydrogen) atoms. The third kappa shape index (κ3) is 2.76. The molecule has 5 nitrogen and oxygen atoms in total. The van der Waals surface area contributed by atoms with Crippen molar-refractivity contribution in [1.29, 1.82) is 0 Å². The molecule has 0 unspecified atom stereocenters. The van der Waals surface area contributed by atoms with Gasteiger partial charge in [0.2, 0.25) is 6.29 Å². The monoisotopic (exact) mass is 240 g/mol. The van der Waals surface area contributed by atoms with E-state index in [-0.39, 0.29) is 6.61 Å². The Morgan fingerprint density at radius 1 is 1.12 bits per heavy atom. The molecule has 0 aliphatic carbocycles. The van der Waals surface area contributed by atoms with Gasteiger partial charge in [0.25, 0.3) is 0 Å². The minimum absolute atomic E-state index is 0.0608. The number of aryl methyl sites for hydroxylation is 1. The summed E-state index contributed by atoms with van der Waals surface area (Å²) in [5.41, 5.74) is 1.10. The van der Waals surface area contributed by atoms with E-state index in [2.05, 4.69) is 0 Å².